The number of carbonyl (C=O) groups excluding carboxylic acids is 1. The topological polar surface area (TPSA) is 81.0 Å². The van der Waals surface area contributed by atoms with E-state index in [1.165, 1.54) is 6.08 Å². The van der Waals surface area contributed by atoms with Gasteiger partial charge in [-0.2, -0.15) is 0 Å². The van der Waals surface area contributed by atoms with Gasteiger partial charge in [0.2, 0.25) is 5.91 Å². The van der Waals surface area contributed by atoms with Crippen molar-refractivity contribution in [3.8, 4) is 11.5 Å². The van der Waals surface area contributed by atoms with Crippen molar-refractivity contribution in [1.82, 2.24) is 19.3 Å². The predicted molar refractivity (Wildman–Crippen MR) is 134 cm³/mol. The number of aromatic nitrogens is 3. The molecule has 1 aromatic carbocycles. The van der Waals surface area contributed by atoms with Crippen molar-refractivity contribution in [3.63, 3.8) is 0 Å². The summed E-state index contributed by atoms with van der Waals surface area (Å²) in [5.74, 6) is 2.00. The molecule has 2 bridgehead atoms. The molecule has 3 atom stereocenters. The Morgan fingerprint density at radius 2 is 1.97 bits per heavy atom. The summed E-state index contributed by atoms with van der Waals surface area (Å²) >= 11 is 0. The van der Waals surface area contributed by atoms with E-state index in [-0.39, 0.29) is 24.1 Å². The van der Waals surface area contributed by atoms with E-state index in [1.54, 1.807) is 13.4 Å². The van der Waals surface area contributed by atoms with Crippen LogP contribution in [0.3, 0.4) is 0 Å². The molecule has 2 aliphatic rings. The van der Waals surface area contributed by atoms with Crippen LogP contribution >= 0.6 is 0 Å². The van der Waals surface area contributed by atoms with Crippen LogP contribution in [0.4, 0.5) is 11.5 Å². The van der Waals surface area contributed by atoms with E-state index in [1.807, 2.05) is 41.6 Å². The zero-order valence-electron chi connectivity index (χ0n) is 19.6. The first-order valence-electron chi connectivity index (χ1n) is 11.9. The number of amides is 1. The second kappa shape index (κ2) is 8.61. The third kappa shape index (κ3) is 3.84. The third-order valence-electron chi connectivity index (χ3n) is 7.12. The molecule has 5 heterocycles. The minimum Gasteiger partial charge on any atom is -0.493 e. The predicted octanol–water partition coefficient (Wildman–Crippen LogP) is 4.72. The molecular weight excluding hydrogens is 442 g/mol. The number of fused-ring (bicyclic) bond motifs is 4. The smallest absolute Gasteiger partial charge is 0.246 e. The summed E-state index contributed by atoms with van der Waals surface area (Å²) in [6.07, 6.45) is 10.6. The van der Waals surface area contributed by atoms with Crippen LogP contribution in [-0.4, -0.2) is 50.5 Å². The number of piperidine rings is 1. The largest absolute Gasteiger partial charge is 0.493 e. The van der Waals surface area contributed by atoms with E-state index < -0.39 is 0 Å². The molecule has 0 radical (unpaired) electrons. The van der Waals surface area contributed by atoms with Gasteiger partial charge < -0.3 is 24.1 Å². The van der Waals surface area contributed by atoms with Crippen molar-refractivity contribution < 1.29 is 14.3 Å². The third-order valence-corrected chi connectivity index (χ3v) is 7.12. The maximum atomic E-state index is 12.3. The average molecular weight is 470 g/mol. The molecule has 0 unspecified atom stereocenters. The maximum Gasteiger partial charge on any atom is 0.246 e. The van der Waals surface area contributed by atoms with Crippen LogP contribution in [0, 0.1) is 0 Å². The number of benzene rings is 1. The van der Waals surface area contributed by atoms with Crippen LogP contribution in [0.5, 0.6) is 11.5 Å². The molecule has 4 aromatic rings. The van der Waals surface area contributed by atoms with Crippen molar-refractivity contribution in [2.24, 2.45) is 0 Å². The van der Waals surface area contributed by atoms with E-state index in [4.69, 9.17) is 9.47 Å². The molecule has 2 fully saturated rings. The Morgan fingerprint density at radius 1 is 1.14 bits per heavy atom. The molecular formula is C27H27N5O3. The van der Waals surface area contributed by atoms with Crippen molar-refractivity contribution in [1.29, 1.82) is 0 Å². The van der Waals surface area contributed by atoms with Crippen LogP contribution < -0.4 is 14.8 Å². The highest BCUT2D eigenvalue weighted by Gasteiger charge is 2.43. The van der Waals surface area contributed by atoms with Crippen molar-refractivity contribution in [3.05, 3.63) is 67.8 Å². The first kappa shape index (κ1) is 21.5. The number of nitrogens with zero attached hydrogens (tertiary/aromatic N) is 4. The van der Waals surface area contributed by atoms with E-state index in [2.05, 4.69) is 38.4 Å². The minimum atomic E-state index is 0.00454. The first-order chi connectivity index (χ1) is 17.1. The maximum absolute atomic E-state index is 12.3. The van der Waals surface area contributed by atoms with Gasteiger partial charge in [-0.05, 0) is 49.2 Å². The summed E-state index contributed by atoms with van der Waals surface area (Å²) in [4.78, 5) is 23.3. The monoisotopic (exact) mass is 469 g/mol. The fourth-order valence-electron chi connectivity index (χ4n) is 5.53. The summed E-state index contributed by atoms with van der Waals surface area (Å²) < 4.78 is 14.2. The van der Waals surface area contributed by atoms with E-state index >= 15 is 0 Å². The van der Waals surface area contributed by atoms with E-state index in [9.17, 15) is 4.79 Å². The van der Waals surface area contributed by atoms with Gasteiger partial charge in [0, 0.05) is 54.3 Å². The number of nitrogens with one attached hydrogen (secondary N) is 1. The number of pyridine rings is 1. The van der Waals surface area contributed by atoms with Crippen molar-refractivity contribution in [2.75, 3.05) is 12.4 Å². The standard InChI is InChI=1S/C27H27N5O3/c1-3-26(33)32-19-8-9-20(32)12-21(11-19)35-25-13-22-23(14-24(25)34-2)28-16-29-27(22)30-17-6-7-18-5-4-10-31(18)15-17/h3-7,10,13-16,19-21H,1,8-9,11-12H2,2H3,(H,28,29,30)/t19-,20+,21-. The summed E-state index contributed by atoms with van der Waals surface area (Å²) in [7, 11) is 1.63. The van der Waals surface area contributed by atoms with Gasteiger partial charge in [-0.1, -0.05) is 6.58 Å². The first-order valence-corrected chi connectivity index (χ1v) is 11.9. The lowest BCUT2D eigenvalue weighted by Gasteiger charge is -2.38. The van der Waals surface area contributed by atoms with Gasteiger partial charge in [0.25, 0.3) is 0 Å². The molecule has 0 aliphatic carbocycles. The normalized spacial score (nSPS) is 21.3. The van der Waals surface area contributed by atoms with E-state index in [0.29, 0.717) is 17.3 Å². The van der Waals surface area contributed by atoms with Crippen LogP contribution in [-0.2, 0) is 4.79 Å². The molecule has 35 heavy (non-hydrogen) atoms. The fourth-order valence-corrected chi connectivity index (χ4v) is 5.53. The van der Waals surface area contributed by atoms with Crippen LogP contribution in [0.25, 0.3) is 16.4 Å². The highest BCUT2D eigenvalue weighted by atomic mass is 16.5. The van der Waals surface area contributed by atoms with Crippen LogP contribution in [0.1, 0.15) is 25.7 Å². The molecule has 8 heteroatoms. The highest BCUT2D eigenvalue weighted by molar-refractivity contribution is 5.93. The molecule has 3 aromatic heterocycles. The lowest BCUT2D eigenvalue weighted by atomic mass is 9.99. The Balaban J connectivity index is 1.30. The fraction of sp³-hybridized carbons (Fsp3) is 0.296. The quantitative estimate of drug-likeness (QED) is 0.412. The summed E-state index contributed by atoms with van der Waals surface area (Å²) in [5, 5.41) is 4.27. The second-order valence-electron chi connectivity index (χ2n) is 9.17. The molecule has 2 aliphatic heterocycles. The van der Waals surface area contributed by atoms with Crippen molar-refractivity contribution >= 4 is 33.8 Å². The van der Waals surface area contributed by atoms with E-state index in [0.717, 1.165) is 47.8 Å². The van der Waals surface area contributed by atoms with Gasteiger partial charge in [0.15, 0.2) is 11.5 Å². The average Bonchev–Trinajstić information content (AvgIpc) is 3.45. The molecule has 0 saturated carbocycles. The molecule has 8 nitrogen and oxygen atoms in total. The van der Waals surface area contributed by atoms with Gasteiger partial charge in [-0.25, -0.2) is 9.97 Å². The Labute approximate surface area is 203 Å². The second-order valence-corrected chi connectivity index (χ2v) is 9.17. The summed E-state index contributed by atoms with van der Waals surface area (Å²) in [6.45, 7) is 3.66. The molecule has 178 valence electrons. The molecule has 1 amide bonds. The van der Waals surface area contributed by atoms with Gasteiger partial charge >= 0.3 is 0 Å². The number of anilines is 2. The summed E-state index contributed by atoms with van der Waals surface area (Å²) in [5.41, 5.74) is 2.81. The zero-order valence-corrected chi connectivity index (χ0v) is 19.6. The zero-order chi connectivity index (χ0) is 23.9. The Morgan fingerprint density at radius 3 is 2.74 bits per heavy atom. The van der Waals surface area contributed by atoms with Gasteiger partial charge in [-0.15, -0.1) is 0 Å². The van der Waals surface area contributed by atoms with Crippen LogP contribution in [0.15, 0.2) is 67.8 Å². The number of ether oxygens (including phenoxy) is 2. The van der Waals surface area contributed by atoms with Crippen LogP contribution in [0.2, 0.25) is 0 Å². The highest BCUT2D eigenvalue weighted by Crippen LogP contribution is 2.40. The van der Waals surface area contributed by atoms with Gasteiger partial charge in [0.05, 0.1) is 18.3 Å². The Bertz CT molecular complexity index is 1420. The SMILES string of the molecule is C=CC(=O)N1[C@@H]2CC[C@H]1C[C@H](Oc1cc3c(Nc4ccc5cccn5c4)ncnc3cc1OC)C2. The minimum absolute atomic E-state index is 0.00454. The molecule has 6 rings (SSSR count). The Kier molecular flexibility index (Phi) is 5.28. The lowest BCUT2D eigenvalue weighted by Crippen LogP contribution is -2.48. The number of hydrogen-bond donors (Lipinski definition) is 1. The molecule has 0 spiro atoms. The van der Waals surface area contributed by atoms with Gasteiger partial charge in [-0.3, -0.25) is 4.79 Å². The Hall–Kier alpha value is -4.07. The number of rotatable bonds is 6. The summed E-state index contributed by atoms with van der Waals surface area (Å²) in [6, 6.07) is 12.4. The number of methoxy groups -OCH3 is 1. The lowest BCUT2D eigenvalue weighted by molar-refractivity contribution is -0.131. The van der Waals surface area contributed by atoms with Gasteiger partial charge in [0.1, 0.15) is 18.2 Å². The molecule has 2 saturated heterocycles. The van der Waals surface area contributed by atoms with Crippen molar-refractivity contribution in [2.45, 2.75) is 43.9 Å². The molecule has 1 N–H and O–H groups in total. The number of carbonyl (C=O) groups is 1. The number of hydrogen-bond acceptors (Lipinski definition) is 6.